The maximum Gasteiger partial charge on any atom is 0.0632 e. The molecule has 0 atom stereocenters. The smallest absolute Gasteiger partial charge is 0.0632 e. The Kier molecular flexibility index (Phi) is 2.56. The summed E-state index contributed by atoms with van der Waals surface area (Å²) in [6, 6.07) is 1.68. The highest BCUT2D eigenvalue weighted by atomic mass is 16.5. The zero-order chi connectivity index (χ0) is 11.2. The van der Waals surface area contributed by atoms with Gasteiger partial charge in [0.1, 0.15) is 0 Å². The van der Waals surface area contributed by atoms with Crippen LogP contribution in [0.5, 0.6) is 0 Å². The minimum absolute atomic E-state index is 0.136. The van der Waals surface area contributed by atoms with Crippen LogP contribution in [-0.4, -0.2) is 24.3 Å². The molecule has 2 heteroatoms. The molecule has 1 heterocycles. The van der Waals surface area contributed by atoms with Gasteiger partial charge in [0.05, 0.1) is 12.2 Å². The van der Waals surface area contributed by atoms with Crippen LogP contribution in [0.15, 0.2) is 0 Å². The van der Waals surface area contributed by atoms with Gasteiger partial charge in [-0.1, -0.05) is 0 Å². The Labute approximate surface area is 99.1 Å². The van der Waals surface area contributed by atoms with Crippen molar-refractivity contribution in [3.63, 3.8) is 0 Å². The highest BCUT2D eigenvalue weighted by Crippen LogP contribution is 2.48. The van der Waals surface area contributed by atoms with Gasteiger partial charge in [-0.05, 0) is 64.2 Å². The Morgan fingerprint density at radius 1 is 1.00 bits per heavy atom. The summed E-state index contributed by atoms with van der Waals surface area (Å²) in [5.74, 6) is 0. The van der Waals surface area contributed by atoms with Crippen LogP contribution in [0.25, 0.3) is 0 Å². The lowest BCUT2D eigenvalue weighted by Crippen LogP contribution is -2.39. The predicted octanol–water partition coefficient (Wildman–Crippen LogP) is 2.87. The summed E-state index contributed by atoms with van der Waals surface area (Å²) in [5, 5.41) is 3.78. The van der Waals surface area contributed by atoms with Crippen molar-refractivity contribution in [1.82, 2.24) is 5.32 Å². The first-order chi connectivity index (χ1) is 7.57. The largest absolute Gasteiger partial charge is 0.375 e. The Balaban J connectivity index is 1.53. The predicted molar refractivity (Wildman–Crippen MR) is 65.5 cm³/mol. The number of hydrogen-bond donors (Lipinski definition) is 1. The van der Waals surface area contributed by atoms with Gasteiger partial charge in [0.15, 0.2) is 0 Å². The topological polar surface area (TPSA) is 21.3 Å². The van der Waals surface area contributed by atoms with E-state index in [0.717, 1.165) is 18.7 Å². The first-order valence-corrected chi connectivity index (χ1v) is 6.97. The van der Waals surface area contributed by atoms with Crippen molar-refractivity contribution in [3.05, 3.63) is 0 Å². The van der Waals surface area contributed by atoms with Gasteiger partial charge in [-0.3, -0.25) is 0 Å². The van der Waals surface area contributed by atoms with Gasteiger partial charge >= 0.3 is 0 Å². The summed E-state index contributed by atoms with van der Waals surface area (Å²) in [4.78, 5) is 0. The molecule has 2 aliphatic carbocycles. The number of hydrogen-bond acceptors (Lipinski definition) is 2. The first-order valence-electron chi connectivity index (χ1n) is 6.97. The van der Waals surface area contributed by atoms with E-state index in [1.54, 1.807) is 0 Å². The van der Waals surface area contributed by atoms with E-state index in [0.29, 0.717) is 5.41 Å². The lowest BCUT2D eigenvalue weighted by molar-refractivity contribution is 0.0277. The lowest BCUT2D eigenvalue weighted by atomic mass is 9.70. The second-order valence-electron chi connectivity index (χ2n) is 6.94. The molecule has 2 saturated carbocycles. The van der Waals surface area contributed by atoms with E-state index >= 15 is 0 Å². The number of rotatable bonds is 2. The molecule has 16 heavy (non-hydrogen) atoms. The van der Waals surface area contributed by atoms with Crippen LogP contribution in [0.3, 0.4) is 0 Å². The minimum atomic E-state index is 0.136. The van der Waals surface area contributed by atoms with Gasteiger partial charge < -0.3 is 10.1 Å². The Bertz CT molecular complexity index is 262. The van der Waals surface area contributed by atoms with Crippen LogP contribution in [0.2, 0.25) is 0 Å². The minimum Gasteiger partial charge on any atom is -0.375 e. The SMILES string of the molecule is CC1(C)CC2(CCC(NC3CC3)CC2)CO1. The highest BCUT2D eigenvalue weighted by molar-refractivity contribution is 4.98. The molecule has 0 aromatic carbocycles. The molecule has 0 unspecified atom stereocenters. The van der Waals surface area contributed by atoms with Crippen molar-refractivity contribution < 1.29 is 4.74 Å². The molecule has 0 bridgehead atoms. The molecule has 0 aromatic rings. The van der Waals surface area contributed by atoms with E-state index in [1.165, 1.54) is 44.9 Å². The molecule has 3 aliphatic rings. The second kappa shape index (κ2) is 3.71. The van der Waals surface area contributed by atoms with Gasteiger partial charge in [0.2, 0.25) is 0 Å². The molecule has 1 aliphatic heterocycles. The van der Waals surface area contributed by atoms with Crippen LogP contribution in [0.1, 0.15) is 58.8 Å². The van der Waals surface area contributed by atoms with E-state index in [1.807, 2.05) is 0 Å². The molecule has 1 N–H and O–H groups in total. The molecule has 0 amide bonds. The molecule has 3 rings (SSSR count). The molecule has 3 fully saturated rings. The monoisotopic (exact) mass is 223 g/mol. The standard InChI is InChI=1S/C14H25NO/c1-13(2)9-14(10-16-13)7-5-12(6-8-14)15-11-3-4-11/h11-12,15H,3-10H2,1-2H3. The zero-order valence-electron chi connectivity index (χ0n) is 10.7. The quantitative estimate of drug-likeness (QED) is 0.777. The van der Waals surface area contributed by atoms with Crippen molar-refractivity contribution in [2.75, 3.05) is 6.61 Å². The fourth-order valence-electron chi connectivity index (χ4n) is 3.65. The Hall–Kier alpha value is -0.0800. The maximum absolute atomic E-state index is 5.94. The van der Waals surface area contributed by atoms with Gasteiger partial charge in [0.25, 0.3) is 0 Å². The van der Waals surface area contributed by atoms with Gasteiger partial charge in [0, 0.05) is 12.1 Å². The lowest BCUT2D eigenvalue weighted by Gasteiger charge is -2.37. The Morgan fingerprint density at radius 2 is 1.62 bits per heavy atom. The van der Waals surface area contributed by atoms with Gasteiger partial charge in [-0.25, -0.2) is 0 Å². The third kappa shape index (κ3) is 2.28. The van der Waals surface area contributed by atoms with E-state index in [2.05, 4.69) is 19.2 Å². The van der Waals surface area contributed by atoms with Crippen molar-refractivity contribution in [1.29, 1.82) is 0 Å². The average molecular weight is 223 g/mol. The number of ether oxygens (including phenoxy) is 1. The van der Waals surface area contributed by atoms with Crippen LogP contribution in [0.4, 0.5) is 0 Å². The molecule has 92 valence electrons. The van der Waals surface area contributed by atoms with Gasteiger partial charge in [-0.2, -0.15) is 0 Å². The van der Waals surface area contributed by atoms with Gasteiger partial charge in [-0.15, -0.1) is 0 Å². The first kappa shape index (κ1) is 11.0. The molecule has 2 nitrogen and oxygen atoms in total. The molecular formula is C14H25NO. The molecule has 1 saturated heterocycles. The van der Waals surface area contributed by atoms with Crippen LogP contribution < -0.4 is 5.32 Å². The summed E-state index contributed by atoms with van der Waals surface area (Å²) < 4.78 is 5.94. The van der Waals surface area contributed by atoms with E-state index in [4.69, 9.17) is 4.74 Å². The molecule has 1 spiro atoms. The zero-order valence-corrected chi connectivity index (χ0v) is 10.7. The highest BCUT2D eigenvalue weighted by Gasteiger charge is 2.46. The molecule has 0 aromatic heterocycles. The van der Waals surface area contributed by atoms with Crippen molar-refractivity contribution >= 4 is 0 Å². The normalized spacial score (nSPS) is 42.8. The summed E-state index contributed by atoms with van der Waals surface area (Å²) in [7, 11) is 0. The van der Waals surface area contributed by atoms with Crippen LogP contribution >= 0.6 is 0 Å². The van der Waals surface area contributed by atoms with Crippen molar-refractivity contribution in [2.45, 2.75) is 76.5 Å². The van der Waals surface area contributed by atoms with E-state index in [9.17, 15) is 0 Å². The summed E-state index contributed by atoms with van der Waals surface area (Å²) in [5.41, 5.74) is 0.669. The number of nitrogens with one attached hydrogen (secondary N) is 1. The molecule has 0 radical (unpaired) electrons. The third-order valence-electron chi connectivity index (χ3n) is 4.66. The summed E-state index contributed by atoms with van der Waals surface area (Å²) >= 11 is 0. The van der Waals surface area contributed by atoms with Crippen LogP contribution in [-0.2, 0) is 4.74 Å². The average Bonchev–Trinajstić information content (AvgIpc) is 2.98. The third-order valence-corrected chi connectivity index (χ3v) is 4.66. The Morgan fingerprint density at radius 3 is 2.12 bits per heavy atom. The van der Waals surface area contributed by atoms with E-state index < -0.39 is 0 Å². The fourth-order valence-corrected chi connectivity index (χ4v) is 3.65. The van der Waals surface area contributed by atoms with Crippen molar-refractivity contribution in [3.8, 4) is 0 Å². The summed E-state index contributed by atoms with van der Waals surface area (Å²) in [6.07, 6.45) is 9.60. The van der Waals surface area contributed by atoms with Crippen molar-refractivity contribution in [2.24, 2.45) is 5.41 Å². The van der Waals surface area contributed by atoms with E-state index in [-0.39, 0.29) is 5.60 Å². The second-order valence-corrected chi connectivity index (χ2v) is 6.94. The fraction of sp³-hybridized carbons (Fsp3) is 1.00. The summed E-state index contributed by atoms with van der Waals surface area (Å²) in [6.45, 7) is 5.50. The molecular weight excluding hydrogens is 198 g/mol. The van der Waals surface area contributed by atoms with Crippen LogP contribution in [0, 0.1) is 5.41 Å². The maximum atomic E-state index is 5.94.